The number of nitrogens with zero attached hydrogens (tertiary/aromatic N) is 2. The standard InChI is InChI=1S/C13H23N3/c1-3-4-6-11(2)16-10-14-9-13(16)12-7-5-8-15-12/h9-12,15H,3-8H2,1-2H3. The molecular weight excluding hydrogens is 198 g/mol. The summed E-state index contributed by atoms with van der Waals surface area (Å²) in [5.41, 5.74) is 1.38. The van der Waals surface area contributed by atoms with Gasteiger partial charge in [0.05, 0.1) is 12.0 Å². The molecular formula is C13H23N3. The van der Waals surface area contributed by atoms with E-state index in [9.17, 15) is 0 Å². The van der Waals surface area contributed by atoms with E-state index in [4.69, 9.17) is 0 Å². The van der Waals surface area contributed by atoms with Crippen LogP contribution < -0.4 is 5.32 Å². The lowest BCUT2D eigenvalue weighted by atomic mass is 10.1. The highest BCUT2D eigenvalue weighted by molar-refractivity contribution is 5.08. The summed E-state index contributed by atoms with van der Waals surface area (Å²) in [5, 5.41) is 3.55. The maximum Gasteiger partial charge on any atom is 0.0951 e. The second-order valence-corrected chi connectivity index (χ2v) is 4.87. The Balaban J connectivity index is 2.05. The van der Waals surface area contributed by atoms with Crippen LogP contribution in [0.5, 0.6) is 0 Å². The number of aromatic nitrogens is 2. The maximum absolute atomic E-state index is 4.32. The second kappa shape index (κ2) is 5.48. The van der Waals surface area contributed by atoms with Gasteiger partial charge in [0.25, 0.3) is 0 Å². The molecule has 1 fully saturated rings. The quantitative estimate of drug-likeness (QED) is 0.828. The van der Waals surface area contributed by atoms with Crippen LogP contribution in [-0.4, -0.2) is 16.1 Å². The molecule has 2 atom stereocenters. The van der Waals surface area contributed by atoms with E-state index in [0.29, 0.717) is 12.1 Å². The van der Waals surface area contributed by atoms with Crippen LogP contribution >= 0.6 is 0 Å². The van der Waals surface area contributed by atoms with E-state index >= 15 is 0 Å². The average molecular weight is 221 g/mol. The molecule has 3 nitrogen and oxygen atoms in total. The van der Waals surface area contributed by atoms with Gasteiger partial charge in [0.2, 0.25) is 0 Å². The lowest BCUT2D eigenvalue weighted by Crippen LogP contribution is -2.18. The van der Waals surface area contributed by atoms with E-state index in [-0.39, 0.29) is 0 Å². The molecule has 2 unspecified atom stereocenters. The minimum absolute atomic E-state index is 0.534. The molecule has 90 valence electrons. The van der Waals surface area contributed by atoms with E-state index in [0.717, 1.165) is 6.54 Å². The molecule has 0 aromatic carbocycles. The summed E-state index contributed by atoms with van der Waals surface area (Å²) in [6.07, 6.45) is 10.4. The van der Waals surface area contributed by atoms with Gasteiger partial charge in [-0.1, -0.05) is 19.8 Å². The molecule has 3 heteroatoms. The molecule has 0 aliphatic carbocycles. The Hall–Kier alpha value is -0.830. The van der Waals surface area contributed by atoms with Crippen molar-refractivity contribution in [3.8, 4) is 0 Å². The molecule has 1 saturated heterocycles. The lowest BCUT2D eigenvalue weighted by molar-refractivity contribution is 0.451. The van der Waals surface area contributed by atoms with E-state index < -0.39 is 0 Å². The summed E-state index contributed by atoms with van der Waals surface area (Å²) >= 11 is 0. The van der Waals surface area contributed by atoms with Gasteiger partial charge in [0, 0.05) is 18.3 Å². The Morgan fingerprint density at radius 1 is 1.62 bits per heavy atom. The fourth-order valence-electron chi connectivity index (χ4n) is 2.53. The average Bonchev–Trinajstić information content (AvgIpc) is 2.94. The van der Waals surface area contributed by atoms with Crippen molar-refractivity contribution >= 4 is 0 Å². The minimum Gasteiger partial charge on any atom is -0.330 e. The third kappa shape index (κ3) is 2.46. The topological polar surface area (TPSA) is 29.9 Å². The molecule has 0 radical (unpaired) electrons. The first-order valence-corrected chi connectivity index (χ1v) is 6.58. The van der Waals surface area contributed by atoms with Crippen LogP contribution in [0.25, 0.3) is 0 Å². The first-order valence-electron chi connectivity index (χ1n) is 6.58. The summed E-state index contributed by atoms with van der Waals surface area (Å²) in [5.74, 6) is 0. The molecule has 16 heavy (non-hydrogen) atoms. The van der Waals surface area contributed by atoms with Crippen molar-refractivity contribution < 1.29 is 0 Å². The summed E-state index contributed by atoms with van der Waals surface area (Å²) in [6.45, 7) is 5.70. The molecule has 1 aliphatic rings. The zero-order chi connectivity index (χ0) is 11.4. The van der Waals surface area contributed by atoms with Gasteiger partial charge < -0.3 is 9.88 Å². The highest BCUT2D eigenvalue weighted by atomic mass is 15.1. The summed E-state index contributed by atoms with van der Waals surface area (Å²) in [4.78, 5) is 4.32. The normalized spacial score (nSPS) is 22.5. The Morgan fingerprint density at radius 3 is 3.19 bits per heavy atom. The molecule has 0 spiro atoms. The van der Waals surface area contributed by atoms with Gasteiger partial charge in [-0.3, -0.25) is 0 Å². The van der Waals surface area contributed by atoms with E-state index in [1.54, 1.807) is 0 Å². The third-order valence-corrected chi connectivity index (χ3v) is 3.56. The van der Waals surface area contributed by atoms with Crippen LogP contribution in [0, 0.1) is 0 Å². The SMILES string of the molecule is CCCCC(C)n1cncc1C1CCCN1. The minimum atomic E-state index is 0.534. The Kier molecular flexibility index (Phi) is 3.99. The second-order valence-electron chi connectivity index (χ2n) is 4.87. The fourth-order valence-corrected chi connectivity index (χ4v) is 2.53. The largest absolute Gasteiger partial charge is 0.330 e. The van der Waals surface area contributed by atoms with Crippen LogP contribution in [0.1, 0.15) is 63.7 Å². The lowest BCUT2D eigenvalue weighted by Gasteiger charge is -2.19. The highest BCUT2D eigenvalue weighted by Crippen LogP contribution is 2.26. The number of hydrogen-bond acceptors (Lipinski definition) is 2. The molecule has 0 amide bonds. The molecule has 1 aliphatic heterocycles. The van der Waals surface area contributed by atoms with Crippen molar-refractivity contribution in [3.63, 3.8) is 0 Å². The fraction of sp³-hybridized carbons (Fsp3) is 0.769. The van der Waals surface area contributed by atoms with Crippen molar-refractivity contribution in [1.82, 2.24) is 14.9 Å². The van der Waals surface area contributed by atoms with Gasteiger partial charge >= 0.3 is 0 Å². The Morgan fingerprint density at radius 2 is 2.50 bits per heavy atom. The molecule has 2 rings (SSSR count). The van der Waals surface area contributed by atoms with Gasteiger partial charge in [-0.15, -0.1) is 0 Å². The summed E-state index contributed by atoms with van der Waals surface area (Å²) in [7, 11) is 0. The van der Waals surface area contributed by atoms with Crippen molar-refractivity contribution in [1.29, 1.82) is 0 Å². The van der Waals surface area contributed by atoms with Gasteiger partial charge in [-0.25, -0.2) is 4.98 Å². The van der Waals surface area contributed by atoms with Crippen LogP contribution in [0.2, 0.25) is 0 Å². The smallest absolute Gasteiger partial charge is 0.0951 e. The number of hydrogen-bond donors (Lipinski definition) is 1. The van der Waals surface area contributed by atoms with E-state index in [1.165, 1.54) is 37.8 Å². The van der Waals surface area contributed by atoms with Crippen LogP contribution in [-0.2, 0) is 0 Å². The third-order valence-electron chi connectivity index (χ3n) is 3.56. The molecule has 1 N–H and O–H groups in total. The van der Waals surface area contributed by atoms with E-state index in [2.05, 4.69) is 28.7 Å². The first kappa shape index (κ1) is 11.6. The molecule has 0 saturated carbocycles. The maximum atomic E-state index is 4.32. The predicted molar refractivity (Wildman–Crippen MR) is 66.4 cm³/mol. The number of nitrogens with one attached hydrogen (secondary N) is 1. The number of rotatable bonds is 5. The predicted octanol–water partition coefficient (Wildman–Crippen LogP) is 3.06. The van der Waals surface area contributed by atoms with Gasteiger partial charge in [-0.2, -0.15) is 0 Å². The van der Waals surface area contributed by atoms with Crippen molar-refractivity contribution in [2.45, 2.75) is 58.0 Å². The van der Waals surface area contributed by atoms with Gasteiger partial charge in [-0.05, 0) is 32.7 Å². The van der Waals surface area contributed by atoms with E-state index in [1.807, 2.05) is 12.5 Å². The summed E-state index contributed by atoms with van der Waals surface area (Å²) in [6, 6.07) is 1.12. The Bertz CT molecular complexity index is 313. The van der Waals surface area contributed by atoms with Gasteiger partial charge in [0.1, 0.15) is 0 Å². The molecule has 0 bridgehead atoms. The van der Waals surface area contributed by atoms with Crippen LogP contribution in [0.3, 0.4) is 0 Å². The van der Waals surface area contributed by atoms with Crippen LogP contribution in [0.15, 0.2) is 12.5 Å². The molecule has 2 heterocycles. The van der Waals surface area contributed by atoms with Crippen molar-refractivity contribution in [3.05, 3.63) is 18.2 Å². The van der Waals surface area contributed by atoms with Crippen molar-refractivity contribution in [2.75, 3.05) is 6.54 Å². The van der Waals surface area contributed by atoms with Crippen LogP contribution in [0.4, 0.5) is 0 Å². The zero-order valence-corrected chi connectivity index (χ0v) is 10.4. The Labute approximate surface area is 98.3 Å². The number of imidazole rings is 1. The molecule has 1 aromatic rings. The zero-order valence-electron chi connectivity index (χ0n) is 10.4. The van der Waals surface area contributed by atoms with Gasteiger partial charge in [0.15, 0.2) is 0 Å². The molecule has 1 aromatic heterocycles. The van der Waals surface area contributed by atoms with Crippen molar-refractivity contribution in [2.24, 2.45) is 0 Å². The first-order chi connectivity index (χ1) is 7.83. The highest BCUT2D eigenvalue weighted by Gasteiger charge is 2.21. The monoisotopic (exact) mass is 221 g/mol. The summed E-state index contributed by atoms with van der Waals surface area (Å²) < 4.78 is 2.36. The number of unbranched alkanes of at least 4 members (excludes halogenated alkanes) is 1.